The van der Waals surface area contributed by atoms with E-state index in [1.54, 1.807) is 19.2 Å². The Morgan fingerprint density at radius 1 is 1.00 bits per heavy atom. The molecule has 0 aliphatic carbocycles. The number of nitrogens with one attached hydrogen (secondary N) is 2. The van der Waals surface area contributed by atoms with Gasteiger partial charge in [-0.05, 0) is 49.7 Å². The molecule has 120 valence electrons. The lowest BCUT2D eigenvalue weighted by Gasteiger charge is -2.11. The van der Waals surface area contributed by atoms with Crippen LogP contribution in [0.4, 0.5) is 17.1 Å². The molecule has 0 spiro atoms. The van der Waals surface area contributed by atoms with Crippen LogP contribution in [0.5, 0.6) is 5.75 Å². The maximum atomic E-state index is 11.5. The summed E-state index contributed by atoms with van der Waals surface area (Å²) in [6, 6.07) is 13.2. The summed E-state index contributed by atoms with van der Waals surface area (Å²) in [5.74, 6) is 0.360. The Bertz CT molecular complexity index is 709. The van der Waals surface area contributed by atoms with Crippen molar-refractivity contribution in [3.63, 3.8) is 0 Å². The van der Waals surface area contributed by atoms with Crippen molar-refractivity contribution >= 4 is 28.8 Å². The van der Waals surface area contributed by atoms with E-state index in [2.05, 4.69) is 10.6 Å². The molecule has 0 aliphatic heterocycles. The minimum absolute atomic E-state index is 0.108. The largest absolute Gasteiger partial charge is 0.496 e. The third-order valence-electron chi connectivity index (χ3n) is 3.27. The number of rotatable bonds is 6. The zero-order valence-corrected chi connectivity index (χ0v) is 13.5. The molecular formula is C18H20N2O3. The summed E-state index contributed by atoms with van der Waals surface area (Å²) in [7, 11) is 1.64. The van der Waals surface area contributed by atoms with Crippen molar-refractivity contribution in [2.75, 3.05) is 17.7 Å². The highest BCUT2D eigenvalue weighted by Gasteiger charge is 2.05. The fourth-order valence-corrected chi connectivity index (χ4v) is 2.13. The van der Waals surface area contributed by atoms with Crippen molar-refractivity contribution in [2.45, 2.75) is 20.3 Å². The highest BCUT2D eigenvalue weighted by molar-refractivity contribution is 6.03. The number of carbonyl (C=O) groups excluding carboxylic acids is 2. The van der Waals surface area contributed by atoms with Gasteiger partial charge in [0.05, 0.1) is 13.5 Å². The molecule has 0 bridgehead atoms. The molecule has 2 rings (SSSR count). The summed E-state index contributed by atoms with van der Waals surface area (Å²) in [4.78, 5) is 22.4. The normalized spacial score (nSPS) is 10.0. The monoisotopic (exact) mass is 312 g/mol. The maximum Gasteiger partial charge on any atom is 0.231 e. The molecule has 0 aliphatic rings. The van der Waals surface area contributed by atoms with Gasteiger partial charge in [-0.15, -0.1) is 0 Å². The van der Waals surface area contributed by atoms with Crippen LogP contribution in [0.2, 0.25) is 0 Å². The molecule has 1 amide bonds. The fraction of sp³-hybridized carbons (Fsp3) is 0.222. The predicted molar refractivity (Wildman–Crippen MR) is 91.4 cm³/mol. The topological polar surface area (TPSA) is 67.4 Å². The smallest absolute Gasteiger partial charge is 0.231 e. The fourth-order valence-electron chi connectivity index (χ4n) is 2.13. The van der Waals surface area contributed by atoms with Gasteiger partial charge < -0.3 is 15.4 Å². The first-order chi connectivity index (χ1) is 11.0. The predicted octanol–water partition coefficient (Wildman–Crippen LogP) is 3.66. The molecule has 0 unspecified atom stereocenters. The van der Waals surface area contributed by atoms with Crippen LogP contribution in [0.1, 0.15) is 18.9 Å². The number of hydrogen-bond donors (Lipinski definition) is 2. The van der Waals surface area contributed by atoms with Crippen LogP contribution in [-0.4, -0.2) is 18.8 Å². The number of Topliss-reactive ketones (excluding diaryl/α,β-unsaturated/α-hetero) is 1. The Balaban J connectivity index is 2.02. The zero-order chi connectivity index (χ0) is 16.8. The summed E-state index contributed by atoms with van der Waals surface area (Å²) in [5.41, 5.74) is 3.53. The van der Waals surface area contributed by atoms with Gasteiger partial charge in [0.25, 0.3) is 0 Å². The highest BCUT2D eigenvalue weighted by atomic mass is 16.5. The standard InChI is InChI=1S/C18H20N2O3/c1-12-4-5-16(11-17(12)23-3)19-14-6-8-15(9-7-14)20-18(22)10-13(2)21/h4-9,11,19H,10H2,1-3H3,(H,20,22). The first-order valence-electron chi connectivity index (χ1n) is 7.29. The van der Waals surface area contributed by atoms with Gasteiger partial charge in [0.2, 0.25) is 5.91 Å². The van der Waals surface area contributed by atoms with E-state index in [-0.39, 0.29) is 18.1 Å². The summed E-state index contributed by atoms with van der Waals surface area (Å²) >= 11 is 0. The zero-order valence-electron chi connectivity index (χ0n) is 13.5. The summed E-state index contributed by atoms with van der Waals surface area (Å²) in [5, 5.41) is 5.95. The van der Waals surface area contributed by atoms with E-state index in [9.17, 15) is 9.59 Å². The maximum absolute atomic E-state index is 11.5. The van der Waals surface area contributed by atoms with Gasteiger partial charge in [0.15, 0.2) is 0 Å². The molecule has 0 heterocycles. The SMILES string of the molecule is COc1cc(Nc2ccc(NC(=O)CC(C)=O)cc2)ccc1C. The van der Waals surface area contributed by atoms with Crippen LogP contribution < -0.4 is 15.4 Å². The second-order valence-corrected chi connectivity index (χ2v) is 5.31. The second kappa shape index (κ2) is 7.45. The Labute approximate surface area is 135 Å². The molecule has 2 N–H and O–H groups in total. The average molecular weight is 312 g/mol. The number of amides is 1. The molecule has 0 atom stereocenters. The summed E-state index contributed by atoms with van der Waals surface area (Å²) in [6.07, 6.45) is -0.108. The van der Waals surface area contributed by atoms with Crippen molar-refractivity contribution in [2.24, 2.45) is 0 Å². The minimum atomic E-state index is -0.304. The van der Waals surface area contributed by atoms with Crippen LogP contribution >= 0.6 is 0 Å². The molecule has 5 heteroatoms. The summed E-state index contributed by atoms with van der Waals surface area (Å²) in [6.45, 7) is 3.38. The quantitative estimate of drug-likeness (QED) is 0.799. The molecule has 5 nitrogen and oxygen atoms in total. The molecule has 2 aromatic rings. The molecular weight excluding hydrogens is 292 g/mol. The lowest BCUT2D eigenvalue weighted by atomic mass is 10.2. The van der Waals surface area contributed by atoms with Crippen molar-refractivity contribution in [3.05, 3.63) is 48.0 Å². The van der Waals surface area contributed by atoms with Crippen LogP contribution in [0.3, 0.4) is 0 Å². The molecule has 0 radical (unpaired) electrons. The molecule has 0 aromatic heterocycles. The van der Waals surface area contributed by atoms with Crippen LogP contribution in [-0.2, 0) is 9.59 Å². The van der Waals surface area contributed by atoms with E-state index in [1.165, 1.54) is 6.92 Å². The number of aryl methyl sites for hydroxylation is 1. The number of benzene rings is 2. The van der Waals surface area contributed by atoms with Crippen LogP contribution in [0, 0.1) is 6.92 Å². The van der Waals surface area contributed by atoms with Gasteiger partial charge in [-0.2, -0.15) is 0 Å². The van der Waals surface area contributed by atoms with Crippen molar-refractivity contribution in [1.82, 2.24) is 0 Å². The Hall–Kier alpha value is -2.82. The second-order valence-electron chi connectivity index (χ2n) is 5.31. The molecule has 0 saturated carbocycles. The Kier molecular flexibility index (Phi) is 5.36. The van der Waals surface area contributed by atoms with Gasteiger partial charge in [0, 0.05) is 23.1 Å². The van der Waals surface area contributed by atoms with E-state index < -0.39 is 0 Å². The lowest BCUT2D eigenvalue weighted by Crippen LogP contribution is -2.14. The van der Waals surface area contributed by atoms with Gasteiger partial charge in [0.1, 0.15) is 11.5 Å². The van der Waals surface area contributed by atoms with Gasteiger partial charge in [-0.1, -0.05) is 6.07 Å². The number of ether oxygens (including phenoxy) is 1. The number of anilines is 3. The third kappa shape index (κ3) is 4.85. The molecule has 0 fully saturated rings. The van der Waals surface area contributed by atoms with E-state index in [4.69, 9.17) is 4.74 Å². The van der Waals surface area contributed by atoms with Gasteiger partial charge in [-0.3, -0.25) is 9.59 Å². The highest BCUT2D eigenvalue weighted by Crippen LogP contribution is 2.25. The Morgan fingerprint density at radius 3 is 2.22 bits per heavy atom. The first kappa shape index (κ1) is 16.5. The van der Waals surface area contributed by atoms with Crippen LogP contribution in [0.15, 0.2) is 42.5 Å². The van der Waals surface area contributed by atoms with E-state index in [0.717, 1.165) is 22.7 Å². The van der Waals surface area contributed by atoms with E-state index >= 15 is 0 Å². The number of carbonyl (C=O) groups is 2. The molecule has 0 saturated heterocycles. The minimum Gasteiger partial charge on any atom is -0.496 e. The number of methoxy groups -OCH3 is 1. The average Bonchev–Trinajstić information content (AvgIpc) is 2.50. The first-order valence-corrected chi connectivity index (χ1v) is 7.29. The van der Waals surface area contributed by atoms with Gasteiger partial charge in [-0.25, -0.2) is 0 Å². The molecule has 23 heavy (non-hydrogen) atoms. The van der Waals surface area contributed by atoms with E-state index in [0.29, 0.717) is 5.69 Å². The van der Waals surface area contributed by atoms with Crippen molar-refractivity contribution < 1.29 is 14.3 Å². The number of hydrogen-bond acceptors (Lipinski definition) is 4. The molecule has 2 aromatic carbocycles. The Morgan fingerprint density at radius 2 is 1.61 bits per heavy atom. The van der Waals surface area contributed by atoms with Gasteiger partial charge >= 0.3 is 0 Å². The van der Waals surface area contributed by atoms with Crippen molar-refractivity contribution in [3.8, 4) is 5.75 Å². The summed E-state index contributed by atoms with van der Waals surface area (Å²) < 4.78 is 5.30. The van der Waals surface area contributed by atoms with Crippen LogP contribution in [0.25, 0.3) is 0 Å². The van der Waals surface area contributed by atoms with Crippen molar-refractivity contribution in [1.29, 1.82) is 0 Å². The van der Waals surface area contributed by atoms with E-state index in [1.807, 2.05) is 37.3 Å². The lowest BCUT2D eigenvalue weighted by molar-refractivity contribution is -0.124. The third-order valence-corrected chi connectivity index (χ3v) is 3.27. The number of ketones is 1.